The van der Waals surface area contributed by atoms with Crippen molar-refractivity contribution in [3.8, 4) is 5.75 Å². The van der Waals surface area contributed by atoms with E-state index in [1.54, 1.807) is 7.11 Å². The zero-order chi connectivity index (χ0) is 17.5. The van der Waals surface area contributed by atoms with Crippen molar-refractivity contribution in [1.29, 1.82) is 0 Å². The van der Waals surface area contributed by atoms with Crippen LogP contribution in [0.5, 0.6) is 5.75 Å². The van der Waals surface area contributed by atoms with Gasteiger partial charge in [-0.15, -0.1) is 0 Å². The SMILES string of the molecule is COc1ccccc1CCC(=O)Nc1ccccc1CN1CCCC1. The maximum Gasteiger partial charge on any atom is 0.224 e. The molecule has 2 aromatic carbocycles. The quantitative estimate of drug-likeness (QED) is 0.833. The molecule has 25 heavy (non-hydrogen) atoms. The summed E-state index contributed by atoms with van der Waals surface area (Å²) in [7, 11) is 1.66. The number of nitrogens with zero attached hydrogens (tertiary/aromatic N) is 1. The van der Waals surface area contributed by atoms with Crippen LogP contribution in [0.2, 0.25) is 0 Å². The van der Waals surface area contributed by atoms with E-state index >= 15 is 0 Å². The minimum atomic E-state index is 0.0415. The second-order valence-electron chi connectivity index (χ2n) is 6.50. The van der Waals surface area contributed by atoms with Gasteiger partial charge in [-0.2, -0.15) is 0 Å². The van der Waals surface area contributed by atoms with Gasteiger partial charge in [-0.3, -0.25) is 9.69 Å². The Morgan fingerprint density at radius 3 is 2.48 bits per heavy atom. The van der Waals surface area contributed by atoms with Crippen molar-refractivity contribution >= 4 is 11.6 Å². The van der Waals surface area contributed by atoms with Crippen LogP contribution in [0.3, 0.4) is 0 Å². The van der Waals surface area contributed by atoms with Crippen LogP contribution in [-0.2, 0) is 17.8 Å². The van der Waals surface area contributed by atoms with Crippen molar-refractivity contribution in [3.63, 3.8) is 0 Å². The minimum Gasteiger partial charge on any atom is -0.496 e. The highest BCUT2D eigenvalue weighted by atomic mass is 16.5. The van der Waals surface area contributed by atoms with Crippen molar-refractivity contribution in [2.75, 3.05) is 25.5 Å². The van der Waals surface area contributed by atoms with Crippen molar-refractivity contribution in [2.45, 2.75) is 32.2 Å². The Labute approximate surface area is 149 Å². The molecule has 2 aromatic rings. The van der Waals surface area contributed by atoms with Crippen LogP contribution in [0.25, 0.3) is 0 Å². The predicted octanol–water partition coefficient (Wildman–Crippen LogP) is 3.86. The molecule has 1 heterocycles. The van der Waals surface area contributed by atoms with E-state index in [1.807, 2.05) is 42.5 Å². The number of benzene rings is 2. The second-order valence-corrected chi connectivity index (χ2v) is 6.50. The lowest BCUT2D eigenvalue weighted by atomic mass is 10.1. The molecule has 4 heteroatoms. The number of hydrogen-bond acceptors (Lipinski definition) is 3. The maximum absolute atomic E-state index is 12.4. The highest BCUT2D eigenvalue weighted by Gasteiger charge is 2.14. The van der Waals surface area contributed by atoms with E-state index in [-0.39, 0.29) is 5.91 Å². The first-order chi connectivity index (χ1) is 12.3. The van der Waals surface area contributed by atoms with E-state index < -0.39 is 0 Å². The number of anilines is 1. The summed E-state index contributed by atoms with van der Waals surface area (Å²) in [6.45, 7) is 3.20. The van der Waals surface area contributed by atoms with Gasteiger partial charge >= 0.3 is 0 Å². The maximum atomic E-state index is 12.4. The number of aryl methyl sites for hydroxylation is 1. The normalized spacial score (nSPS) is 14.4. The Morgan fingerprint density at radius 2 is 1.72 bits per heavy atom. The number of amides is 1. The average Bonchev–Trinajstić information content (AvgIpc) is 3.15. The van der Waals surface area contributed by atoms with Gasteiger partial charge in [0.05, 0.1) is 7.11 Å². The second kappa shape index (κ2) is 8.67. The summed E-state index contributed by atoms with van der Waals surface area (Å²) < 4.78 is 5.35. The molecule has 1 aliphatic rings. The number of hydrogen-bond donors (Lipinski definition) is 1. The zero-order valence-corrected chi connectivity index (χ0v) is 14.8. The van der Waals surface area contributed by atoms with Crippen LogP contribution >= 0.6 is 0 Å². The Morgan fingerprint density at radius 1 is 1.04 bits per heavy atom. The molecule has 0 aliphatic carbocycles. The third kappa shape index (κ3) is 4.83. The number of para-hydroxylation sites is 2. The molecule has 4 nitrogen and oxygen atoms in total. The smallest absolute Gasteiger partial charge is 0.224 e. The first-order valence-electron chi connectivity index (χ1n) is 8.98. The van der Waals surface area contributed by atoms with Crippen LogP contribution in [0.1, 0.15) is 30.4 Å². The number of ether oxygens (including phenoxy) is 1. The molecule has 0 radical (unpaired) electrons. The first-order valence-corrected chi connectivity index (χ1v) is 8.98. The van der Waals surface area contributed by atoms with Crippen LogP contribution in [0.4, 0.5) is 5.69 Å². The van der Waals surface area contributed by atoms with Gasteiger partial charge in [0.2, 0.25) is 5.91 Å². The molecule has 1 amide bonds. The van der Waals surface area contributed by atoms with Gasteiger partial charge < -0.3 is 10.1 Å². The van der Waals surface area contributed by atoms with Gasteiger partial charge in [0.15, 0.2) is 0 Å². The fourth-order valence-corrected chi connectivity index (χ4v) is 3.33. The molecule has 0 atom stereocenters. The largest absolute Gasteiger partial charge is 0.496 e. The summed E-state index contributed by atoms with van der Waals surface area (Å²) in [4.78, 5) is 14.9. The summed E-state index contributed by atoms with van der Waals surface area (Å²) in [5.74, 6) is 0.879. The monoisotopic (exact) mass is 338 g/mol. The number of carbonyl (C=O) groups excluding carboxylic acids is 1. The van der Waals surface area contributed by atoms with Crippen LogP contribution in [-0.4, -0.2) is 31.0 Å². The van der Waals surface area contributed by atoms with Gasteiger partial charge in [-0.25, -0.2) is 0 Å². The molecular formula is C21H26N2O2. The van der Waals surface area contributed by atoms with Crippen molar-refractivity contribution in [3.05, 3.63) is 59.7 Å². The third-order valence-electron chi connectivity index (χ3n) is 4.70. The molecule has 132 valence electrons. The number of carbonyl (C=O) groups is 1. The van der Waals surface area contributed by atoms with Gasteiger partial charge in [-0.05, 0) is 55.6 Å². The lowest BCUT2D eigenvalue weighted by Crippen LogP contribution is -2.20. The Kier molecular flexibility index (Phi) is 6.07. The van der Waals surface area contributed by atoms with E-state index in [4.69, 9.17) is 4.74 Å². The van der Waals surface area contributed by atoms with Gasteiger partial charge in [0, 0.05) is 18.7 Å². The van der Waals surface area contributed by atoms with Crippen molar-refractivity contribution in [1.82, 2.24) is 4.90 Å². The van der Waals surface area contributed by atoms with Gasteiger partial charge in [0.25, 0.3) is 0 Å². The third-order valence-corrected chi connectivity index (χ3v) is 4.70. The molecule has 0 saturated carbocycles. The lowest BCUT2D eigenvalue weighted by molar-refractivity contribution is -0.116. The molecule has 1 aliphatic heterocycles. The molecule has 1 N–H and O–H groups in total. The summed E-state index contributed by atoms with van der Waals surface area (Å²) in [5, 5.41) is 3.09. The van der Waals surface area contributed by atoms with E-state index in [0.717, 1.165) is 36.6 Å². The van der Waals surface area contributed by atoms with E-state index in [0.29, 0.717) is 12.8 Å². The van der Waals surface area contributed by atoms with Crippen molar-refractivity contribution in [2.24, 2.45) is 0 Å². The van der Waals surface area contributed by atoms with E-state index in [1.165, 1.54) is 18.4 Å². The fourth-order valence-electron chi connectivity index (χ4n) is 3.33. The summed E-state index contributed by atoms with van der Waals surface area (Å²) in [5.41, 5.74) is 3.18. The predicted molar refractivity (Wildman–Crippen MR) is 101 cm³/mol. The number of methoxy groups -OCH3 is 1. The number of likely N-dealkylation sites (tertiary alicyclic amines) is 1. The molecule has 0 aromatic heterocycles. The molecule has 0 spiro atoms. The summed E-state index contributed by atoms with van der Waals surface area (Å²) in [6.07, 6.45) is 3.66. The Balaban J connectivity index is 1.59. The number of nitrogens with one attached hydrogen (secondary N) is 1. The summed E-state index contributed by atoms with van der Waals surface area (Å²) >= 11 is 0. The topological polar surface area (TPSA) is 41.6 Å². The summed E-state index contributed by atoms with van der Waals surface area (Å²) in [6, 6.07) is 16.0. The molecule has 3 rings (SSSR count). The molecule has 0 unspecified atom stereocenters. The highest BCUT2D eigenvalue weighted by Crippen LogP contribution is 2.22. The average molecular weight is 338 g/mol. The van der Waals surface area contributed by atoms with E-state index in [2.05, 4.69) is 16.3 Å². The molecule has 1 fully saturated rings. The van der Waals surface area contributed by atoms with Crippen molar-refractivity contribution < 1.29 is 9.53 Å². The lowest BCUT2D eigenvalue weighted by Gasteiger charge is -2.18. The minimum absolute atomic E-state index is 0.0415. The Bertz CT molecular complexity index is 709. The van der Waals surface area contributed by atoms with Crippen LogP contribution in [0.15, 0.2) is 48.5 Å². The molecular weight excluding hydrogens is 312 g/mol. The fraction of sp³-hybridized carbons (Fsp3) is 0.381. The van der Waals surface area contributed by atoms with Crippen LogP contribution < -0.4 is 10.1 Å². The van der Waals surface area contributed by atoms with E-state index in [9.17, 15) is 4.79 Å². The van der Waals surface area contributed by atoms with Gasteiger partial charge in [-0.1, -0.05) is 36.4 Å². The number of rotatable bonds is 7. The Hall–Kier alpha value is -2.33. The first kappa shape index (κ1) is 17.5. The molecule has 1 saturated heterocycles. The van der Waals surface area contributed by atoms with Crippen LogP contribution in [0, 0.1) is 0 Å². The zero-order valence-electron chi connectivity index (χ0n) is 14.8. The highest BCUT2D eigenvalue weighted by molar-refractivity contribution is 5.91. The molecule has 0 bridgehead atoms. The van der Waals surface area contributed by atoms with Gasteiger partial charge in [0.1, 0.15) is 5.75 Å². The standard InChI is InChI=1S/C21H26N2O2/c1-25-20-11-5-3-8-17(20)12-13-21(24)22-19-10-4-2-9-18(19)16-23-14-6-7-15-23/h2-5,8-11H,6-7,12-16H2,1H3,(H,22,24).